The van der Waals surface area contributed by atoms with E-state index in [9.17, 15) is 14.9 Å². The molecule has 2 heterocycles. The van der Waals surface area contributed by atoms with Gasteiger partial charge in [-0.05, 0) is 18.0 Å². The monoisotopic (exact) mass is 268 g/mol. The highest BCUT2D eigenvalue weighted by molar-refractivity contribution is 6.28. The first kappa shape index (κ1) is 12.4. The molecule has 1 aromatic heterocycles. The van der Waals surface area contributed by atoms with E-state index >= 15 is 0 Å². The summed E-state index contributed by atoms with van der Waals surface area (Å²) in [6, 6.07) is -0.248. The van der Waals surface area contributed by atoms with Crippen LogP contribution in [-0.2, 0) is 4.79 Å². The third-order valence-corrected chi connectivity index (χ3v) is 2.78. The number of carbonyl (C=O) groups excluding carboxylic acids is 1. The van der Waals surface area contributed by atoms with Crippen molar-refractivity contribution in [3.05, 3.63) is 33.7 Å². The molecule has 1 aliphatic rings. The Morgan fingerprint density at radius 3 is 2.94 bits per heavy atom. The molecule has 0 unspecified atom stereocenters. The van der Waals surface area contributed by atoms with E-state index in [0.29, 0.717) is 6.42 Å². The fraction of sp³-hybridized carbons (Fsp3) is 0.300. The first-order valence-corrected chi connectivity index (χ1v) is 5.60. The van der Waals surface area contributed by atoms with E-state index in [1.807, 2.05) is 6.92 Å². The fourth-order valence-corrected chi connectivity index (χ4v) is 1.88. The first-order chi connectivity index (χ1) is 8.54. The highest BCUT2D eigenvalue weighted by atomic mass is 35.5. The number of carbonyl (C=O) groups is 1. The van der Waals surface area contributed by atoms with Crippen LogP contribution in [0, 0.1) is 10.1 Å². The number of anilines is 1. The standard InChI is InChI=1S/C10H9ClN4O3/c1-2-6-3-4-8(16)14(6)9-7(15(17)18)5-12-10(11)13-9/h3-6H,2H2,1H3/t6-/m0/s1. The molecule has 0 saturated carbocycles. The Bertz CT molecular complexity index is 546. The van der Waals surface area contributed by atoms with Crippen LogP contribution in [0.15, 0.2) is 18.3 Å². The lowest BCUT2D eigenvalue weighted by Gasteiger charge is -2.21. The average molecular weight is 269 g/mol. The molecule has 1 aliphatic heterocycles. The Morgan fingerprint density at radius 1 is 1.61 bits per heavy atom. The molecule has 0 N–H and O–H groups in total. The zero-order valence-corrected chi connectivity index (χ0v) is 10.2. The summed E-state index contributed by atoms with van der Waals surface area (Å²) in [5, 5.41) is 10.8. The van der Waals surface area contributed by atoms with Gasteiger partial charge in [-0.2, -0.15) is 4.98 Å². The Kier molecular flexibility index (Phi) is 3.24. The molecule has 1 atom stereocenters. The second kappa shape index (κ2) is 4.69. The normalized spacial score (nSPS) is 18.4. The van der Waals surface area contributed by atoms with Crippen LogP contribution in [0.5, 0.6) is 0 Å². The van der Waals surface area contributed by atoms with E-state index in [1.165, 1.54) is 11.0 Å². The van der Waals surface area contributed by atoms with Gasteiger partial charge in [0.25, 0.3) is 5.91 Å². The number of hydrogen-bond donors (Lipinski definition) is 0. The van der Waals surface area contributed by atoms with E-state index in [2.05, 4.69) is 9.97 Å². The van der Waals surface area contributed by atoms with Crippen molar-refractivity contribution in [2.45, 2.75) is 19.4 Å². The summed E-state index contributed by atoms with van der Waals surface area (Å²) in [7, 11) is 0. The summed E-state index contributed by atoms with van der Waals surface area (Å²) in [5.74, 6) is -0.415. The van der Waals surface area contributed by atoms with Gasteiger partial charge in [-0.1, -0.05) is 13.0 Å². The quantitative estimate of drug-likeness (QED) is 0.473. The van der Waals surface area contributed by atoms with Crippen LogP contribution < -0.4 is 4.90 Å². The van der Waals surface area contributed by atoms with Crippen LogP contribution in [0.4, 0.5) is 11.5 Å². The summed E-state index contributed by atoms with van der Waals surface area (Å²) < 4.78 is 0. The summed E-state index contributed by atoms with van der Waals surface area (Å²) in [5.41, 5.74) is -0.338. The van der Waals surface area contributed by atoms with Gasteiger partial charge in [-0.3, -0.25) is 19.8 Å². The predicted octanol–water partition coefficient (Wildman–Crippen LogP) is 1.72. The maximum absolute atomic E-state index is 11.7. The van der Waals surface area contributed by atoms with E-state index in [0.717, 1.165) is 6.20 Å². The van der Waals surface area contributed by atoms with E-state index in [1.54, 1.807) is 6.08 Å². The van der Waals surface area contributed by atoms with Crippen LogP contribution in [0.2, 0.25) is 5.28 Å². The van der Waals surface area contributed by atoms with Crippen molar-refractivity contribution < 1.29 is 9.72 Å². The number of hydrogen-bond acceptors (Lipinski definition) is 5. The molecule has 0 fully saturated rings. The van der Waals surface area contributed by atoms with Crippen LogP contribution in [0.25, 0.3) is 0 Å². The molecular weight excluding hydrogens is 260 g/mol. The lowest BCUT2D eigenvalue weighted by Crippen LogP contribution is -2.34. The number of nitrogens with zero attached hydrogens (tertiary/aromatic N) is 4. The van der Waals surface area contributed by atoms with Crippen molar-refractivity contribution in [2.24, 2.45) is 0 Å². The third kappa shape index (κ3) is 2.04. The Hall–Kier alpha value is -2.02. The van der Waals surface area contributed by atoms with Gasteiger partial charge in [0.1, 0.15) is 6.20 Å². The second-order valence-corrected chi connectivity index (χ2v) is 3.99. The van der Waals surface area contributed by atoms with Crippen molar-refractivity contribution in [1.82, 2.24) is 9.97 Å². The van der Waals surface area contributed by atoms with E-state index in [-0.39, 0.29) is 28.7 Å². The molecule has 2 rings (SSSR count). The summed E-state index contributed by atoms with van der Waals surface area (Å²) in [4.78, 5) is 30.6. The molecule has 18 heavy (non-hydrogen) atoms. The number of aromatic nitrogens is 2. The zero-order valence-electron chi connectivity index (χ0n) is 9.41. The highest BCUT2D eigenvalue weighted by Crippen LogP contribution is 2.31. The van der Waals surface area contributed by atoms with Gasteiger partial charge >= 0.3 is 5.69 Å². The van der Waals surface area contributed by atoms with Gasteiger partial charge in [0.2, 0.25) is 11.1 Å². The SMILES string of the molecule is CC[C@H]1C=CC(=O)N1c1nc(Cl)ncc1[N+](=O)[O-]. The molecule has 0 bridgehead atoms. The number of nitro groups is 1. The van der Waals surface area contributed by atoms with Gasteiger partial charge in [-0.25, -0.2) is 4.98 Å². The fourth-order valence-electron chi connectivity index (χ4n) is 1.76. The van der Waals surface area contributed by atoms with Gasteiger partial charge in [0.15, 0.2) is 0 Å². The lowest BCUT2D eigenvalue weighted by atomic mass is 10.2. The van der Waals surface area contributed by atoms with Gasteiger partial charge in [0.05, 0.1) is 11.0 Å². The van der Waals surface area contributed by atoms with Gasteiger partial charge in [-0.15, -0.1) is 0 Å². The zero-order chi connectivity index (χ0) is 13.3. The molecule has 1 aromatic rings. The molecule has 0 aromatic carbocycles. The first-order valence-electron chi connectivity index (χ1n) is 5.23. The van der Waals surface area contributed by atoms with Crippen LogP contribution in [0.1, 0.15) is 13.3 Å². The molecule has 0 aliphatic carbocycles. The molecule has 1 amide bonds. The minimum Gasteiger partial charge on any atom is -0.280 e. The van der Waals surface area contributed by atoms with E-state index in [4.69, 9.17) is 11.6 Å². The molecule has 8 heteroatoms. The maximum Gasteiger partial charge on any atom is 0.330 e. The molecule has 94 valence electrons. The van der Waals surface area contributed by atoms with Crippen molar-refractivity contribution >= 4 is 29.0 Å². The van der Waals surface area contributed by atoms with Crippen molar-refractivity contribution in [2.75, 3.05) is 4.90 Å². The number of rotatable bonds is 3. The minimum atomic E-state index is -0.635. The topological polar surface area (TPSA) is 89.2 Å². The summed E-state index contributed by atoms with van der Waals surface area (Å²) in [6.45, 7) is 1.87. The van der Waals surface area contributed by atoms with Crippen LogP contribution in [-0.4, -0.2) is 26.8 Å². The van der Waals surface area contributed by atoms with Crippen LogP contribution in [0.3, 0.4) is 0 Å². The van der Waals surface area contributed by atoms with Gasteiger partial charge in [0, 0.05) is 6.08 Å². The summed E-state index contributed by atoms with van der Waals surface area (Å²) >= 11 is 5.64. The van der Waals surface area contributed by atoms with E-state index < -0.39 is 4.92 Å². The van der Waals surface area contributed by atoms with Gasteiger partial charge < -0.3 is 0 Å². The highest BCUT2D eigenvalue weighted by Gasteiger charge is 2.33. The minimum absolute atomic E-state index is 0.0677. The molecule has 0 radical (unpaired) electrons. The molecule has 0 spiro atoms. The largest absolute Gasteiger partial charge is 0.330 e. The van der Waals surface area contributed by atoms with Crippen molar-refractivity contribution in [3.63, 3.8) is 0 Å². The molecule has 7 nitrogen and oxygen atoms in total. The number of amides is 1. The third-order valence-electron chi connectivity index (χ3n) is 2.59. The number of halogens is 1. The predicted molar refractivity (Wildman–Crippen MR) is 64.4 cm³/mol. The second-order valence-electron chi connectivity index (χ2n) is 3.65. The molecule has 0 saturated heterocycles. The molecular formula is C10H9ClN4O3. The van der Waals surface area contributed by atoms with Crippen LogP contribution >= 0.6 is 11.6 Å². The lowest BCUT2D eigenvalue weighted by molar-refractivity contribution is -0.384. The maximum atomic E-state index is 11.7. The average Bonchev–Trinajstić information content (AvgIpc) is 2.69. The van der Waals surface area contributed by atoms with Crippen molar-refractivity contribution in [1.29, 1.82) is 0 Å². The summed E-state index contributed by atoms with van der Waals surface area (Å²) in [6.07, 6.45) is 4.68. The Balaban J connectivity index is 2.52. The Labute approximate surface area is 107 Å². The smallest absolute Gasteiger partial charge is 0.280 e. The van der Waals surface area contributed by atoms with Crippen molar-refractivity contribution in [3.8, 4) is 0 Å². The Morgan fingerprint density at radius 2 is 2.33 bits per heavy atom.